The molecule has 40 heteroatoms. The predicted molar refractivity (Wildman–Crippen MR) is 496 cm³/mol. The summed E-state index contributed by atoms with van der Waals surface area (Å²) in [7, 11) is 0. The van der Waals surface area contributed by atoms with Gasteiger partial charge in [0.1, 0.15) is 0 Å². The summed E-state index contributed by atoms with van der Waals surface area (Å²) in [5.74, 6) is 4.35. The van der Waals surface area contributed by atoms with Crippen molar-refractivity contribution in [3.8, 4) is 22.5 Å². The van der Waals surface area contributed by atoms with Gasteiger partial charge in [-0.25, -0.2) is 89.7 Å². The molecule has 15 aromatic heterocycles. The van der Waals surface area contributed by atoms with E-state index < -0.39 is 0 Å². The molecular formula is C85H74ClN33S6. The standard InChI is InChI=1S/C16H15N5S.C15H13N5S.C14H14N6S.C14H12N6S.C13H8ClN5S.C13H12N6S/c1-9-2-5-18-14(19-9)21-15-20-12-11-8-17-7-10(11)6-16(3-4-16)13(12)22-15;1-4-17-13(18-5-1)20-14-19-11-10-8-16-7-9(10)6-15(2-3-15)12(11)21-14;2*1-7-5-10-12(9-6-16-20-11(7)9)18-14(21-10)19-13-15-4-3-8(2)17-13;14-9-4-10-11(8-6-15-5-7(8)9)18-13(20-10)19-12-16-2-1-3-17-12;1-7-5-9-11(8-6-16-19-10(7)8)17-13(20-9)18-12-14-3-2-4-15-12/h2,5,8H,3-4,6-7H2,1H3,(H,18,19,20,21);1,4-5,8H,2-3,6-7H2,(H,17,18,19,20);3-4,6-7H,5H2,1-2H3,(H,16,20)(H,15,17,18,19);3-6H,1-2H3,(H,16,20)(H,15,17,18,19);1-4,6H,5H2,(H,16,17,18,19);2-4,6-7H,5H2,1H3,(H,16,19)(H,14,15,17,18). The summed E-state index contributed by atoms with van der Waals surface area (Å²) in [4.78, 5) is 97.5. The van der Waals surface area contributed by atoms with Crippen molar-refractivity contribution >= 4 is 207 Å². The second-order valence-electron chi connectivity index (χ2n) is 31.3. The fraction of sp³-hybridized carbons (Fsp3) is 0.247. The zero-order chi connectivity index (χ0) is 84.4. The molecule has 26 rings (SSSR count). The Bertz CT molecular complexity index is 7140. The van der Waals surface area contributed by atoms with Crippen LogP contribution >= 0.6 is 79.6 Å². The van der Waals surface area contributed by atoms with E-state index in [0.29, 0.717) is 64.9 Å². The molecule has 0 amide bonds. The molecule has 18 heterocycles. The molecule has 0 radical (unpaired) electrons. The summed E-state index contributed by atoms with van der Waals surface area (Å²) in [6.45, 7) is 14.7. The normalized spacial score (nSPS) is 16.4. The van der Waals surface area contributed by atoms with Gasteiger partial charge in [-0.1, -0.05) is 48.1 Å². The van der Waals surface area contributed by atoms with E-state index in [-0.39, 0.29) is 0 Å². The van der Waals surface area contributed by atoms with E-state index in [1.807, 2.05) is 88.3 Å². The number of nitrogens with zero attached hydrogens (tertiary/aromatic N) is 24. The number of hydrogen-bond acceptors (Lipinski definition) is 36. The van der Waals surface area contributed by atoms with Crippen LogP contribution in [0.25, 0.3) is 65.0 Å². The Morgan fingerprint density at radius 1 is 0.408 bits per heavy atom. The molecule has 2 unspecified atom stereocenters. The molecule has 2 atom stereocenters. The zero-order valence-corrected chi connectivity index (χ0v) is 73.4. The first-order valence-corrected chi connectivity index (χ1v) is 45.6. The molecule has 2 saturated carbocycles. The third-order valence-electron chi connectivity index (χ3n) is 22.5. The molecule has 622 valence electrons. The number of hydrogen-bond donors (Lipinski definition) is 9. The van der Waals surface area contributed by atoms with Gasteiger partial charge in [-0.3, -0.25) is 30.3 Å². The number of thiazole rings is 6. The van der Waals surface area contributed by atoms with Crippen LogP contribution in [0.4, 0.5) is 66.5 Å². The van der Waals surface area contributed by atoms with Crippen LogP contribution in [0.1, 0.15) is 140 Å². The van der Waals surface area contributed by atoms with Crippen molar-refractivity contribution in [2.45, 2.75) is 122 Å². The highest BCUT2D eigenvalue weighted by atomic mass is 35.5. The molecule has 2 aromatic carbocycles. The fourth-order valence-electron chi connectivity index (χ4n) is 16.1. The minimum atomic E-state index is 0.354. The average Bonchev–Trinajstić information content (AvgIpc) is 1.55. The quantitative estimate of drug-likeness (QED) is 0.0548. The lowest BCUT2D eigenvalue weighted by atomic mass is 9.85. The molecule has 9 N–H and O–H groups in total. The number of nitrogens with one attached hydrogen (secondary N) is 9. The first kappa shape index (κ1) is 78.9. The largest absolute Gasteiger partial charge is 0.300 e. The van der Waals surface area contributed by atoms with E-state index in [0.717, 1.165) is 167 Å². The third kappa shape index (κ3) is 16.1. The second kappa shape index (κ2) is 33.1. The zero-order valence-electron chi connectivity index (χ0n) is 67.8. The van der Waals surface area contributed by atoms with Crippen LogP contribution in [0.5, 0.6) is 0 Å². The van der Waals surface area contributed by atoms with Crippen molar-refractivity contribution in [3.05, 3.63) is 215 Å². The van der Waals surface area contributed by atoms with Gasteiger partial charge >= 0.3 is 0 Å². The Kier molecular flexibility index (Phi) is 20.9. The number of anilines is 12. The van der Waals surface area contributed by atoms with Crippen molar-refractivity contribution in [2.75, 3.05) is 45.0 Å². The van der Waals surface area contributed by atoms with Gasteiger partial charge in [0.25, 0.3) is 0 Å². The fourth-order valence-corrected chi connectivity index (χ4v) is 23.0. The summed E-state index contributed by atoms with van der Waals surface area (Å²) in [6.07, 6.45) is 36.3. The lowest BCUT2D eigenvalue weighted by Crippen LogP contribution is -2.15. The maximum Gasteiger partial charge on any atom is 0.229 e. The summed E-state index contributed by atoms with van der Waals surface area (Å²) in [5, 5.41) is 47.4. The second-order valence-corrected chi connectivity index (χ2v) is 37.9. The number of H-pyrrole nitrogens is 3. The number of fused-ring (bicyclic) bond motifs is 18. The molecule has 6 aliphatic carbocycles. The summed E-state index contributed by atoms with van der Waals surface area (Å²) < 4.78 is 2.15. The minimum absolute atomic E-state index is 0.354. The van der Waals surface area contributed by atoms with Gasteiger partial charge in [-0.05, 0) is 144 Å². The highest BCUT2D eigenvalue weighted by Gasteiger charge is 2.53. The van der Waals surface area contributed by atoms with Crippen LogP contribution in [-0.4, -0.2) is 152 Å². The number of aromatic nitrogens is 24. The van der Waals surface area contributed by atoms with Gasteiger partial charge in [0.05, 0.1) is 87.0 Å². The van der Waals surface area contributed by atoms with Crippen molar-refractivity contribution in [1.29, 1.82) is 0 Å². The van der Waals surface area contributed by atoms with Crippen LogP contribution in [0.2, 0.25) is 5.02 Å². The average molecular weight is 1790 g/mol. The predicted octanol–water partition coefficient (Wildman–Crippen LogP) is 18.7. The summed E-state index contributed by atoms with van der Waals surface area (Å²) >= 11 is 16.2. The molecular weight excluding hydrogens is 1710 g/mol. The van der Waals surface area contributed by atoms with Gasteiger partial charge in [-0.15, -0.1) is 45.3 Å². The van der Waals surface area contributed by atoms with Gasteiger partial charge in [0.15, 0.2) is 30.8 Å². The molecule has 125 heavy (non-hydrogen) atoms. The number of aryl methyl sites for hydroxylation is 4. The van der Waals surface area contributed by atoms with Crippen molar-refractivity contribution in [2.24, 2.45) is 15.0 Å². The molecule has 0 bridgehead atoms. The Labute approximate surface area is 741 Å². The van der Waals surface area contributed by atoms with E-state index in [2.05, 4.69) is 179 Å². The van der Waals surface area contributed by atoms with E-state index >= 15 is 0 Å². The molecule has 2 spiro atoms. The highest BCUT2D eigenvalue weighted by molar-refractivity contribution is 7.23. The lowest BCUT2D eigenvalue weighted by Gasteiger charge is -2.21. The molecule has 3 aliphatic heterocycles. The molecule has 9 aliphatic rings. The van der Waals surface area contributed by atoms with E-state index in [9.17, 15) is 0 Å². The van der Waals surface area contributed by atoms with Crippen LogP contribution in [-0.2, 0) is 30.2 Å². The Balaban J connectivity index is 0.0000000918. The molecule has 17 aromatic rings. The lowest BCUT2D eigenvalue weighted by molar-refractivity contribution is 0.677. The maximum absolute atomic E-state index is 6.27. The van der Waals surface area contributed by atoms with Crippen molar-refractivity contribution < 1.29 is 0 Å². The van der Waals surface area contributed by atoms with Gasteiger partial charge in [0.2, 0.25) is 35.7 Å². The Hall–Kier alpha value is -13.3. The topological polar surface area (TPSA) is 427 Å². The Morgan fingerprint density at radius 2 is 0.808 bits per heavy atom. The minimum Gasteiger partial charge on any atom is -0.300 e. The number of aromatic amines is 3. The number of benzene rings is 2. The first-order chi connectivity index (χ1) is 61.1. The van der Waals surface area contributed by atoms with Crippen LogP contribution in [0, 0.1) is 27.7 Å². The SMILES string of the molecule is C1=NCC2=C1c1nc(Nc3ncccn3)sc1C1(CC1)C2.CC1Cc2sc(Nc3ncccn3)nc2-c2cn[nH]c21.Cc1ccnc(Nc2nc3c(cc(C)c4[nH]ncc43)s2)n1.Cc1ccnc(Nc2nc3c(s2)C2(CC2)CC2=C3C=NC2)n1.Cc1ccnc(Nc2nc3c(s2)CC(C)c2[nH]ncc2-3)n1.Clc1cc2sc(Nc3ncccn3)nc2c2c1CN=C2. The third-order valence-corrected chi connectivity index (χ3v) is 29.0. The first-order valence-electron chi connectivity index (χ1n) is 40.3. The summed E-state index contributed by atoms with van der Waals surface area (Å²) in [6, 6.07) is 15.1. The van der Waals surface area contributed by atoms with Crippen LogP contribution in [0.15, 0.2) is 149 Å². The number of aliphatic imine (C=N–C) groups is 3. The van der Waals surface area contributed by atoms with Gasteiger partial charge in [-0.2, -0.15) is 15.3 Å². The van der Waals surface area contributed by atoms with Gasteiger partial charge < -0.3 is 31.9 Å². The number of rotatable bonds is 12. The number of halogens is 1. The van der Waals surface area contributed by atoms with Crippen LogP contribution < -0.4 is 31.9 Å². The van der Waals surface area contributed by atoms with E-state index in [1.165, 1.54) is 96.6 Å². The molecule has 2 fully saturated rings. The van der Waals surface area contributed by atoms with Crippen LogP contribution in [0.3, 0.4) is 0 Å². The maximum atomic E-state index is 6.27. The highest BCUT2D eigenvalue weighted by Crippen LogP contribution is 2.62. The number of allylic oxidation sites excluding steroid dienone is 2. The smallest absolute Gasteiger partial charge is 0.229 e. The Morgan fingerprint density at radius 3 is 1.26 bits per heavy atom. The summed E-state index contributed by atoms with van der Waals surface area (Å²) in [5.41, 5.74) is 24.0. The van der Waals surface area contributed by atoms with Crippen molar-refractivity contribution in [1.82, 2.24) is 120 Å². The molecule has 33 nitrogen and oxygen atoms in total. The molecule has 0 saturated heterocycles. The monoisotopic (exact) mass is 1780 g/mol. The van der Waals surface area contributed by atoms with Crippen molar-refractivity contribution in [3.63, 3.8) is 0 Å². The van der Waals surface area contributed by atoms with E-state index in [1.54, 1.807) is 125 Å². The van der Waals surface area contributed by atoms with Gasteiger partial charge in [0, 0.05) is 189 Å². The van der Waals surface area contributed by atoms with E-state index in [4.69, 9.17) is 26.6 Å².